The van der Waals surface area contributed by atoms with Crippen LogP contribution in [-0.4, -0.2) is 30.9 Å². The lowest BCUT2D eigenvalue weighted by molar-refractivity contribution is 0.488. The van der Waals surface area contributed by atoms with Crippen molar-refractivity contribution in [3.63, 3.8) is 0 Å². The number of rotatable bonds is 3. The molecule has 0 aromatic heterocycles. The summed E-state index contributed by atoms with van der Waals surface area (Å²) in [5, 5.41) is -0.0477. The van der Waals surface area contributed by atoms with Gasteiger partial charge in [0.15, 0.2) is 0 Å². The number of nitrogens with zero attached hydrogens (tertiary/aromatic N) is 1. The quantitative estimate of drug-likeness (QED) is 0.859. The van der Waals surface area contributed by atoms with Crippen LogP contribution < -0.4 is 0 Å². The summed E-state index contributed by atoms with van der Waals surface area (Å²) in [6.45, 7) is 0.544. The van der Waals surface area contributed by atoms with Gasteiger partial charge < -0.3 is 0 Å². The van der Waals surface area contributed by atoms with E-state index in [0.29, 0.717) is 18.0 Å². The molecule has 1 aliphatic heterocycles. The average Bonchev–Trinajstić information content (AvgIpc) is 2.77. The maximum atomic E-state index is 12.9. The highest BCUT2D eigenvalue weighted by atomic mass is 35.5. The predicted octanol–water partition coefficient (Wildman–Crippen LogP) is 2.32. The van der Waals surface area contributed by atoms with E-state index in [0.717, 1.165) is 5.75 Å². The normalized spacial score (nSPS) is 17.5. The highest BCUT2D eigenvalue weighted by molar-refractivity contribution is 8.00. The van der Waals surface area contributed by atoms with Gasteiger partial charge in [0.05, 0.1) is 16.7 Å². The van der Waals surface area contributed by atoms with E-state index >= 15 is 0 Å². The number of hydrogen-bond acceptors (Lipinski definition) is 3. The van der Waals surface area contributed by atoms with E-state index < -0.39 is 15.8 Å². The molecular formula is C10H11ClFNO2S2. The molecule has 3 nitrogen and oxygen atoms in total. The average molecular weight is 296 g/mol. The summed E-state index contributed by atoms with van der Waals surface area (Å²) in [5.74, 6) is 0.651. The van der Waals surface area contributed by atoms with Crippen LogP contribution >= 0.6 is 23.4 Å². The van der Waals surface area contributed by atoms with Crippen molar-refractivity contribution >= 4 is 33.4 Å². The fourth-order valence-electron chi connectivity index (χ4n) is 1.55. The van der Waals surface area contributed by atoms with Crippen molar-refractivity contribution in [2.45, 2.75) is 5.75 Å². The monoisotopic (exact) mass is 295 g/mol. The first kappa shape index (κ1) is 13.1. The van der Waals surface area contributed by atoms with Gasteiger partial charge in [0.1, 0.15) is 5.82 Å². The summed E-state index contributed by atoms with van der Waals surface area (Å²) in [7, 11) is -3.31. The molecule has 7 heteroatoms. The van der Waals surface area contributed by atoms with Crippen molar-refractivity contribution in [3.8, 4) is 0 Å². The smallest absolute Gasteiger partial charge is 0.212 e. The summed E-state index contributed by atoms with van der Waals surface area (Å²) in [4.78, 5) is 0. The molecule has 0 bridgehead atoms. The van der Waals surface area contributed by atoms with E-state index in [9.17, 15) is 12.8 Å². The van der Waals surface area contributed by atoms with E-state index in [-0.39, 0.29) is 10.8 Å². The number of hydrogen-bond donors (Lipinski definition) is 0. The van der Waals surface area contributed by atoms with Gasteiger partial charge in [0.25, 0.3) is 0 Å². The Kier molecular flexibility index (Phi) is 3.97. The third-order valence-electron chi connectivity index (χ3n) is 2.45. The van der Waals surface area contributed by atoms with Gasteiger partial charge in [-0.25, -0.2) is 12.8 Å². The van der Waals surface area contributed by atoms with E-state index in [1.165, 1.54) is 22.5 Å². The Morgan fingerprint density at radius 3 is 2.82 bits per heavy atom. The van der Waals surface area contributed by atoms with E-state index in [1.54, 1.807) is 11.8 Å². The highest BCUT2D eigenvalue weighted by Crippen LogP contribution is 2.22. The van der Waals surface area contributed by atoms with Crippen LogP contribution in [0.15, 0.2) is 18.2 Å². The molecule has 1 fully saturated rings. The first-order chi connectivity index (χ1) is 7.99. The molecule has 0 radical (unpaired) electrons. The summed E-state index contributed by atoms with van der Waals surface area (Å²) < 4.78 is 38.3. The predicted molar refractivity (Wildman–Crippen MR) is 68.1 cm³/mol. The summed E-state index contributed by atoms with van der Waals surface area (Å²) in [5.41, 5.74) is 0.508. The molecule has 1 heterocycles. The Balaban J connectivity index is 2.17. The minimum atomic E-state index is -3.31. The SMILES string of the molecule is O=S(=O)(Cc1ccc(F)c(Cl)c1)N1CCSC1. The van der Waals surface area contributed by atoms with Crippen LogP contribution in [0.1, 0.15) is 5.56 Å². The highest BCUT2D eigenvalue weighted by Gasteiger charge is 2.25. The zero-order valence-electron chi connectivity index (χ0n) is 8.90. The van der Waals surface area contributed by atoms with Crippen molar-refractivity contribution in [2.75, 3.05) is 18.2 Å². The molecule has 0 aliphatic carbocycles. The van der Waals surface area contributed by atoms with Crippen LogP contribution in [0, 0.1) is 5.82 Å². The molecule has 0 atom stereocenters. The summed E-state index contributed by atoms with van der Waals surface area (Å²) in [6, 6.07) is 3.99. The molecule has 0 amide bonds. The summed E-state index contributed by atoms with van der Waals surface area (Å²) in [6.07, 6.45) is 0. The van der Waals surface area contributed by atoms with Crippen molar-refractivity contribution in [1.82, 2.24) is 4.31 Å². The Bertz CT molecular complexity index is 515. The van der Waals surface area contributed by atoms with Crippen molar-refractivity contribution in [3.05, 3.63) is 34.6 Å². The lowest BCUT2D eigenvalue weighted by Crippen LogP contribution is -2.29. The zero-order valence-corrected chi connectivity index (χ0v) is 11.3. The molecule has 0 spiro atoms. The molecule has 0 saturated carbocycles. The molecule has 94 valence electrons. The Morgan fingerprint density at radius 2 is 2.24 bits per heavy atom. The molecule has 2 rings (SSSR count). The van der Waals surface area contributed by atoms with Gasteiger partial charge >= 0.3 is 0 Å². The zero-order chi connectivity index (χ0) is 12.5. The second kappa shape index (κ2) is 5.14. The Labute approximate surface area is 109 Å². The molecule has 17 heavy (non-hydrogen) atoms. The molecule has 1 aliphatic rings. The molecule has 1 saturated heterocycles. The largest absolute Gasteiger partial charge is 0.219 e. The Hall–Kier alpha value is -0.300. The lowest BCUT2D eigenvalue weighted by Gasteiger charge is -2.14. The van der Waals surface area contributed by atoms with Gasteiger partial charge in [0, 0.05) is 12.3 Å². The van der Waals surface area contributed by atoms with Gasteiger partial charge in [-0.2, -0.15) is 4.31 Å². The molecule has 0 N–H and O–H groups in total. The van der Waals surface area contributed by atoms with Crippen LogP contribution in [0.4, 0.5) is 4.39 Å². The fourth-order valence-corrected chi connectivity index (χ4v) is 4.70. The van der Waals surface area contributed by atoms with E-state index in [1.807, 2.05) is 0 Å². The van der Waals surface area contributed by atoms with Crippen LogP contribution in [0.2, 0.25) is 5.02 Å². The number of halogens is 2. The first-order valence-electron chi connectivity index (χ1n) is 4.98. The van der Waals surface area contributed by atoms with Crippen LogP contribution in [-0.2, 0) is 15.8 Å². The van der Waals surface area contributed by atoms with Crippen molar-refractivity contribution < 1.29 is 12.8 Å². The minimum Gasteiger partial charge on any atom is -0.212 e. The van der Waals surface area contributed by atoms with Crippen molar-refractivity contribution in [2.24, 2.45) is 0 Å². The number of thioether (sulfide) groups is 1. The maximum absolute atomic E-state index is 12.9. The minimum absolute atomic E-state index is 0.0477. The van der Waals surface area contributed by atoms with Gasteiger partial charge in [-0.05, 0) is 17.7 Å². The van der Waals surface area contributed by atoms with Gasteiger partial charge in [0.2, 0.25) is 10.0 Å². The fraction of sp³-hybridized carbons (Fsp3) is 0.400. The van der Waals surface area contributed by atoms with Crippen LogP contribution in [0.5, 0.6) is 0 Å². The van der Waals surface area contributed by atoms with E-state index in [4.69, 9.17) is 11.6 Å². The van der Waals surface area contributed by atoms with Crippen molar-refractivity contribution in [1.29, 1.82) is 0 Å². The second-order valence-corrected chi connectivity index (χ2v) is 7.17. The number of benzene rings is 1. The van der Waals surface area contributed by atoms with E-state index in [2.05, 4.69) is 0 Å². The third kappa shape index (κ3) is 3.13. The second-order valence-electron chi connectivity index (χ2n) is 3.72. The third-order valence-corrected chi connectivity index (χ3v) is 5.66. The summed E-state index contributed by atoms with van der Waals surface area (Å²) >= 11 is 7.20. The molecule has 1 aromatic carbocycles. The lowest BCUT2D eigenvalue weighted by atomic mass is 10.2. The molecular weight excluding hydrogens is 285 g/mol. The van der Waals surface area contributed by atoms with Gasteiger partial charge in [-0.15, -0.1) is 11.8 Å². The first-order valence-corrected chi connectivity index (χ1v) is 8.13. The maximum Gasteiger partial charge on any atom is 0.219 e. The number of sulfonamides is 1. The Morgan fingerprint density at radius 1 is 1.47 bits per heavy atom. The molecule has 1 aromatic rings. The van der Waals surface area contributed by atoms with Crippen LogP contribution in [0.25, 0.3) is 0 Å². The van der Waals surface area contributed by atoms with Gasteiger partial charge in [-0.3, -0.25) is 0 Å². The van der Waals surface area contributed by atoms with Crippen LogP contribution in [0.3, 0.4) is 0 Å². The molecule has 0 unspecified atom stereocenters. The topological polar surface area (TPSA) is 37.4 Å². The standard InChI is InChI=1S/C10H11ClFNO2S2/c11-9-5-8(1-2-10(9)12)6-17(14,15)13-3-4-16-7-13/h1-2,5H,3-4,6-7H2. The van der Waals surface area contributed by atoms with Gasteiger partial charge in [-0.1, -0.05) is 17.7 Å².